The number of aliphatic hydroxyl groups excluding tert-OH is 1. The number of hydrogen-bond donors (Lipinski definition) is 3. The average molecular weight is 1400 g/mol. The van der Waals surface area contributed by atoms with Gasteiger partial charge in [-0.3, -0.25) is 37.3 Å². The maximum absolute atomic E-state index is 13.1. The Bertz CT molecular complexity index is 1850. The summed E-state index contributed by atoms with van der Waals surface area (Å²) in [6, 6.07) is 0. The largest absolute Gasteiger partial charge is 0.472 e. The van der Waals surface area contributed by atoms with Crippen LogP contribution in [-0.2, 0) is 65.4 Å². The third-order valence-corrected chi connectivity index (χ3v) is 19.9. The first kappa shape index (κ1) is 93.1. The van der Waals surface area contributed by atoms with Crippen LogP contribution in [0.15, 0.2) is 0 Å². The summed E-state index contributed by atoms with van der Waals surface area (Å²) in [6.07, 6.45) is 52.8. The second-order valence-electron chi connectivity index (χ2n) is 28.6. The van der Waals surface area contributed by atoms with E-state index in [4.69, 9.17) is 37.0 Å². The molecule has 0 radical (unpaired) electrons. The fourth-order valence-corrected chi connectivity index (χ4v) is 13.1. The molecule has 0 aromatic carbocycles. The van der Waals surface area contributed by atoms with Crippen LogP contribution in [-0.4, -0.2) is 96.7 Å². The summed E-state index contributed by atoms with van der Waals surface area (Å²) in [4.78, 5) is 72.8. The van der Waals surface area contributed by atoms with Crippen LogP contribution in [0.3, 0.4) is 0 Å². The molecule has 0 spiro atoms. The van der Waals surface area contributed by atoms with Gasteiger partial charge < -0.3 is 33.8 Å². The van der Waals surface area contributed by atoms with E-state index in [1.54, 1.807) is 0 Å². The first-order chi connectivity index (χ1) is 45.8. The van der Waals surface area contributed by atoms with Crippen LogP contribution >= 0.6 is 15.6 Å². The number of unbranched alkanes of at least 4 members (excludes halogenated alkanes) is 41. The van der Waals surface area contributed by atoms with Gasteiger partial charge >= 0.3 is 39.5 Å². The normalized spacial score (nSPS) is 14.4. The third kappa shape index (κ3) is 69.0. The number of carbonyl (C=O) groups excluding carboxylic acids is 4. The zero-order chi connectivity index (χ0) is 70.1. The highest BCUT2D eigenvalue weighted by Crippen LogP contribution is 2.45. The van der Waals surface area contributed by atoms with Crippen LogP contribution in [0.1, 0.15) is 389 Å². The van der Waals surface area contributed by atoms with Crippen molar-refractivity contribution < 1.29 is 80.2 Å². The summed E-state index contributed by atoms with van der Waals surface area (Å²) in [5.41, 5.74) is 0. The van der Waals surface area contributed by atoms with Gasteiger partial charge in [-0.25, -0.2) is 9.13 Å². The van der Waals surface area contributed by atoms with E-state index in [0.717, 1.165) is 108 Å². The van der Waals surface area contributed by atoms with Crippen LogP contribution in [0.2, 0.25) is 0 Å². The Balaban J connectivity index is 5.23. The highest BCUT2D eigenvalue weighted by Gasteiger charge is 2.30. The van der Waals surface area contributed by atoms with Gasteiger partial charge in [0, 0.05) is 25.7 Å². The summed E-state index contributed by atoms with van der Waals surface area (Å²) in [6.45, 7) is 11.9. The van der Waals surface area contributed by atoms with Crippen molar-refractivity contribution in [1.82, 2.24) is 0 Å². The predicted molar refractivity (Wildman–Crippen MR) is 386 cm³/mol. The van der Waals surface area contributed by atoms with Crippen LogP contribution in [0.25, 0.3) is 0 Å². The van der Waals surface area contributed by atoms with Crippen LogP contribution in [0, 0.1) is 17.8 Å². The van der Waals surface area contributed by atoms with E-state index < -0.39 is 97.5 Å². The summed E-state index contributed by atoms with van der Waals surface area (Å²) in [5, 5.41) is 10.6. The van der Waals surface area contributed by atoms with Crippen LogP contribution in [0.4, 0.5) is 0 Å². The summed E-state index contributed by atoms with van der Waals surface area (Å²) in [7, 11) is -9.91. The number of phosphoric acid groups is 2. The highest BCUT2D eigenvalue weighted by molar-refractivity contribution is 7.47. The molecule has 0 aliphatic rings. The van der Waals surface area contributed by atoms with E-state index in [1.807, 2.05) is 0 Å². The van der Waals surface area contributed by atoms with Gasteiger partial charge in [-0.15, -0.1) is 0 Å². The van der Waals surface area contributed by atoms with E-state index in [1.165, 1.54) is 193 Å². The minimum Gasteiger partial charge on any atom is -0.462 e. The van der Waals surface area contributed by atoms with Gasteiger partial charge in [-0.1, -0.05) is 337 Å². The molecule has 3 N–H and O–H groups in total. The molecule has 0 bridgehead atoms. The number of ether oxygens (including phenoxy) is 4. The second-order valence-corrected chi connectivity index (χ2v) is 31.5. The van der Waals surface area contributed by atoms with Crippen molar-refractivity contribution in [3.05, 3.63) is 0 Å². The van der Waals surface area contributed by atoms with Gasteiger partial charge in [0.25, 0.3) is 0 Å². The first-order valence-corrected chi connectivity index (χ1v) is 42.4. The Morgan fingerprint density at radius 1 is 0.305 bits per heavy atom. The molecule has 0 heterocycles. The van der Waals surface area contributed by atoms with Crippen LogP contribution < -0.4 is 0 Å². The molecule has 0 rings (SSSR count). The molecule has 0 aliphatic carbocycles. The molecule has 6 atom stereocenters. The lowest BCUT2D eigenvalue weighted by atomic mass is 9.99. The van der Waals surface area contributed by atoms with Crippen molar-refractivity contribution in [2.75, 3.05) is 39.6 Å². The Morgan fingerprint density at radius 2 is 0.537 bits per heavy atom. The van der Waals surface area contributed by atoms with Gasteiger partial charge in [-0.05, 0) is 43.4 Å². The lowest BCUT2D eigenvalue weighted by Crippen LogP contribution is -2.30. The van der Waals surface area contributed by atoms with Crippen molar-refractivity contribution in [2.45, 2.75) is 407 Å². The first-order valence-electron chi connectivity index (χ1n) is 39.4. The molecule has 0 aliphatic heterocycles. The van der Waals surface area contributed by atoms with Crippen molar-refractivity contribution >= 4 is 39.5 Å². The average Bonchev–Trinajstić information content (AvgIpc) is 1.47. The molecule has 564 valence electrons. The lowest BCUT2D eigenvalue weighted by Gasteiger charge is -2.21. The summed E-state index contributed by atoms with van der Waals surface area (Å²) >= 11 is 0. The van der Waals surface area contributed by atoms with Crippen molar-refractivity contribution in [3.8, 4) is 0 Å². The molecule has 17 nitrogen and oxygen atoms in total. The Morgan fingerprint density at radius 3 is 0.800 bits per heavy atom. The molecule has 0 amide bonds. The van der Waals surface area contributed by atoms with Crippen molar-refractivity contribution in [3.63, 3.8) is 0 Å². The van der Waals surface area contributed by atoms with Crippen LogP contribution in [0.5, 0.6) is 0 Å². The second kappa shape index (κ2) is 66.6. The predicted octanol–water partition coefficient (Wildman–Crippen LogP) is 22.2. The fraction of sp³-hybridized carbons (Fsp3) is 0.947. The maximum Gasteiger partial charge on any atom is 0.472 e. The fourth-order valence-electron chi connectivity index (χ4n) is 11.6. The van der Waals surface area contributed by atoms with E-state index >= 15 is 0 Å². The van der Waals surface area contributed by atoms with E-state index in [9.17, 15) is 43.2 Å². The summed E-state index contributed by atoms with van der Waals surface area (Å²) in [5.74, 6) is 0.180. The minimum atomic E-state index is -4.96. The molecule has 0 saturated carbocycles. The SMILES string of the molecule is CCCCCCCCCCCCCCCC(=O)O[C@H](COC(=O)CCCCCCCCC(C)C)COP(=O)(O)OC[C@H](O)COP(=O)(O)OC[C@@H](COC(=O)CCCCCCCCCCCCC(C)CC)OC(=O)CCCCCCCCCCCCCCCCCCC(C)C. The zero-order valence-electron chi connectivity index (χ0n) is 62.1. The lowest BCUT2D eigenvalue weighted by molar-refractivity contribution is -0.161. The smallest absolute Gasteiger partial charge is 0.462 e. The number of esters is 4. The summed E-state index contributed by atoms with van der Waals surface area (Å²) < 4.78 is 68.5. The standard InChI is InChI=1S/C76H148O17P2/c1-8-10-11-12-13-14-15-20-24-31-36-45-52-59-76(81)93-72(64-87-74(79)58-51-44-39-38-41-48-55-68(5)6)66-91-95(84,85)89-62-70(77)61-88-94(82,83)90-65-71(63-86-73(78)57-50-43-35-30-27-26-29-34-42-49-56-69(7)9-2)92-75(80)60-53-46-37-32-25-22-19-17-16-18-21-23-28-33-40-47-54-67(3)4/h67-72,77H,8-66H2,1-7H3,(H,82,83)(H,84,85)/t69?,70-,71-,72-/m1/s1. The van der Waals surface area contributed by atoms with E-state index in [-0.39, 0.29) is 25.7 Å². The highest BCUT2D eigenvalue weighted by atomic mass is 31.2. The quantitative estimate of drug-likeness (QED) is 0.0222. The topological polar surface area (TPSA) is 237 Å². The number of hydrogen-bond acceptors (Lipinski definition) is 15. The molecular formula is C76H148O17P2. The Labute approximate surface area is 581 Å². The number of carbonyl (C=O) groups is 4. The van der Waals surface area contributed by atoms with Gasteiger partial charge in [0.05, 0.1) is 26.4 Å². The molecule has 0 fully saturated rings. The van der Waals surface area contributed by atoms with Gasteiger partial charge in [-0.2, -0.15) is 0 Å². The number of phosphoric ester groups is 2. The number of rotatable bonds is 74. The van der Waals surface area contributed by atoms with Crippen molar-refractivity contribution in [1.29, 1.82) is 0 Å². The molecule has 0 aromatic rings. The molecule has 0 aromatic heterocycles. The molecule has 3 unspecified atom stereocenters. The van der Waals surface area contributed by atoms with Gasteiger partial charge in [0.15, 0.2) is 12.2 Å². The van der Waals surface area contributed by atoms with Gasteiger partial charge in [0.1, 0.15) is 19.3 Å². The third-order valence-electron chi connectivity index (χ3n) is 18.0. The maximum atomic E-state index is 13.1. The van der Waals surface area contributed by atoms with E-state index in [0.29, 0.717) is 31.6 Å². The monoisotopic (exact) mass is 1400 g/mol. The molecule has 0 saturated heterocycles. The molecular weight excluding hydrogens is 1250 g/mol. The van der Waals surface area contributed by atoms with Crippen molar-refractivity contribution in [2.24, 2.45) is 17.8 Å². The van der Waals surface area contributed by atoms with Gasteiger partial charge in [0.2, 0.25) is 0 Å². The Kier molecular flexibility index (Phi) is 65.2. The molecule has 19 heteroatoms. The molecule has 95 heavy (non-hydrogen) atoms. The minimum absolute atomic E-state index is 0.106. The Hall–Kier alpha value is -1.94. The number of aliphatic hydroxyl groups is 1. The van der Waals surface area contributed by atoms with E-state index in [2.05, 4.69) is 48.5 Å². The zero-order valence-corrected chi connectivity index (χ0v) is 63.9.